The highest BCUT2D eigenvalue weighted by atomic mass is 32.2. The number of hydrogen-bond donors (Lipinski definition) is 0. The molecule has 2 heterocycles. The van der Waals surface area contributed by atoms with Crippen LogP contribution >= 0.6 is 11.8 Å². The van der Waals surface area contributed by atoms with Gasteiger partial charge in [0.1, 0.15) is 0 Å². The van der Waals surface area contributed by atoms with E-state index in [1.165, 1.54) is 0 Å². The highest BCUT2D eigenvalue weighted by Gasteiger charge is 2.52. The molecule has 4 rings (SSSR count). The van der Waals surface area contributed by atoms with E-state index < -0.39 is 17.9 Å². The van der Waals surface area contributed by atoms with Crippen LogP contribution in [0, 0.1) is 5.92 Å². The van der Waals surface area contributed by atoms with E-state index in [1.54, 1.807) is 13.8 Å². The summed E-state index contributed by atoms with van der Waals surface area (Å²) in [5.41, 5.74) is 2.23. The molecule has 2 aromatic rings. The van der Waals surface area contributed by atoms with Crippen molar-refractivity contribution in [3.05, 3.63) is 71.8 Å². The van der Waals surface area contributed by atoms with Gasteiger partial charge in [0.25, 0.3) is 0 Å². The van der Waals surface area contributed by atoms with E-state index in [2.05, 4.69) is 24.3 Å². The zero-order valence-electron chi connectivity index (χ0n) is 21.6. The highest BCUT2D eigenvalue weighted by molar-refractivity contribution is 8.00. The number of carbonyl (C=O) groups excluding carboxylic acids is 3. The fraction of sp³-hybridized carbons (Fsp3) is 0.483. The van der Waals surface area contributed by atoms with Crippen molar-refractivity contribution in [3.8, 4) is 0 Å². The molecule has 3 atom stereocenters. The molecule has 3 unspecified atom stereocenters. The van der Waals surface area contributed by atoms with Crippen LogP contribution < -0.4 is 0 Å². The minimum atomic E-state index is -0.901. The van der Waals surface area contributed by atoms with Gasteiger partial charge in [-0.05, 0) is 37.8 Å². The number of urea groups is 1. The fourth-order valence-corrected chi connectivity index (χ4v) is 6.98. The summed E-state index contributed by atoms with van der Waals surface area (Å²) in [6, 6.07) is 20.5. The Bertz CT molecular complexity index is 1030. The van der Waals surface area contributed by atoms with Gasteiger partial charge in [-0.25, -0.2) is 4.79 Å². The summed E-state index contributed by atoms with van der Waals surface area (Å²) in [6.45, 7) is 5.07. The maximum Gasteiger partial charge on any atom is 0.321 e. The zero-order chi connectivity index (χ0) is 26.2. The van der Waals surface area contributed by atoms with Crippen LogP contribution in [-0.2, 0) is 32.2 Å². The summed E-state index contributed by atoms with van der Waals surface area (Å²) in [4.78, 5) is 42.5. The number of amides is 2. The molecule has 2 saturated heterocycles. The average Bonchev–Trinajstić information content (AvgIpc) is 3.42. The standard InChI is InChI=1S/C29H36N2O5S/c1-3-35-27(32)23(28(33)36-4-2)16-11-17-25-26-24(20-37-25)30(18-21-12-7-5-8-13-21)29(34)31(26)19-22-14-9-6-10-15-22/h5-10,12-15,23-26H,3-4,11,16-20H2,1-2H3. The number of hydrogen-bond acceptors (Lipinski definition) is 6. The van der Waals surface area contributed by atoms with Crippen molar-refractivity contribution in [3.63, 3.8) is 0 Å². The Morgan fingerprint density at radius 3 is 1.97 bits per heavy atom. The number of nitrogens with zero attached hydrogens (tertiary/aromatic N) is 2. The summed E-state index contributed by atoms with van der Waals surface area (Å²) in [7, 11) is 0. The van der Waals surface area contributed by atoms with Crippen molar-refractivity contribution >= 4 is 29.7 Å². The van der Waals surface area contributed by atoms with Crippen molar-refractivity contribution < 1.29 is 23.9 Å². The second-order valence-corrected chi connectivity index (χ2v) is 10.7. The third kappa shape index (κ3) is 6.47. The first kappa shape index (κ1) is 27.0. The molecular formula is C29H36N2O5S. The molecule has 0 saturated carbocycles. The van der Waals surface area contributed by atoms with Crippen LogP contribution in [0.4, 0.5) is 4.79 Å². The Kier molecular flexibility index (Phi) is 9.50. The normalized spacial score (nSPS) is 20.8. The summed E-state index contributed by atoms with van der Waals surface area (Å²) in [5.74, 6) is -1.07. The van der Waals surface area contributed by atoms with E-state index in [0.29, 0.717) is 25.9 Å². The lowest BCUT2D eigenvalue weighted by Gasteiger charge is -2.27. The van der Waals surface area contributed by atoms with Gasteiger partial charge in [0.15, 0.2) is 5.92 Å². The van der Waals surface area contributed by atoms with Gasteiger partial charge >= 0.3 is 18.0 Å². The van der Waals surface area contributed by atoms with Gasteiger partial charge in [0, 0.05) is 24.1 Å². The van der Waals surface area contributed by atoms with Gasteiger partial charge in [-0.1, -0.05) is 67.1 Å². The molecule has 0 aromatic heterocycles. The number of esters is 2. The van der Waals surface area contributed by atoms with Crippen molar-refractivity contribution in [2.24, 2.45) is 5.92 Å². The molecule has 0 bridgehead atoms. The maximum absolute atomic E-state index is 13.7. The van der Waals surface area contributed by atoms with Crippen LogP contribution in [0.25, 0.3) is 0 Å². The molecule has 2 aliphatic heterocycles. The number of benzene rings is 2. The van der Waals surface area contributed by atoms with E-state index in [1.807, 2.05) is 58.0 Å². The van der Waals surface area contributed by atoms with Gasteiger partial charge in [-0.15, -0.1) is 0 Å². The first-order valence-corrected chi connectivity index (χ1v) is 14.2. The summed E-state index contributed by atoms with van der Waals surface area (Å²) in [5, 5.41) is 0.225. The third-order valence-corrected chi connectivity index (χ3v) is 8.50. The van der Waals surface area contributed by atoms with Crippen LogP contribution in [0.1, 0.15) is 44.2 Å². The minimum Gasteiger partial charge on any atom is -0.465 e. The maximum atomic E-state index is 13.7. The Labute approximate surface area is 223 Å². The lowest BCUT2D eigenvalue weighted by Crippen LogP contribution is -2.40. The smallest absolute Gasteiger partial charge is 0.321 e. The molecule has 0 aliphatic carbocycles. The summed E-state index contributed by atoms with van der Waals surface area (Å²) < 4.78 is 10.3. The lowest BCUT2D eigenvalue weighted by atomic mass is 9.97. The first-order chi connectivity index (χ1) is 18.0. The molecular weight excluding hydrogens is 488 g/mol. The zero-order valence-corrected chi connectivity index (χ0v) is 22.4. The molecule has 2 aromatic carbocycles. The molecule has 0 radical (unpaired) electrons. The van der Waals surface area contributed by atoms with Gasteiger partial charge in [0.2, 0.25) is 0 Å². The van der Waals surface area contributed by atoms with Crippen LogP contribution in [-0.4, -0.2) is 64.1 Å². The first-order valence-electron chi connectivity index (χ1n) is 13.1. The van der Waals surface area contributed by atoms with Crippen molar-refractivity contribution in [2.75, 3.05) is 19.0 Å². The lowest BCUT2D eigenvalue weighted by molar-refractivity contribution is -0.161. The van der Waals surface area contributed by atoms with Gasteiger partial charge in [-0.3, -0.25) is 9.59 Å². The van der Waals surface area contributed by atoms with Crippen molar-refractivity contribution in [1.29, 1.82) is 0 Å². The number of thioether (sulfide) groups is 1. The van der Waals surface area contributed by atoms with E-state index >= 15 is 0 Å². The largest absolute Gasteiger partial charge is 0.465 e. The van der Waals surface area contributed by atoms with Crippen molar-refractivity contribution in [2.45, 2.75) is 63.5 Å². The second-order valence-electron chi connectivity index (χ2n) is 9.43. The predicted octanol–water partition coefficient (Wildman–Crippen LogP) is 4.89. The molecule has 2 fully saturated rings. The van der Waals surface area contributed by atoms with Gasteiger partial charge in [-0.2, -0.15) is 11.8 Å². The monoisotopic (exact) mass is 524 g/mol. The summed E-state index contributed by atoms with van der Waals surface area (Å²) in [6.07, 6.45) is 1.86. The molecule has 0 spiro atoms. The fourth-order valence-electron chi connectivity index (χ4n) is 5.30. The predicted molar refractivity (Wildman–Crippen MR) is 144 cm³/mol. The Hall–Kier alpha value is -3.00. The SMILES string of the molecule is CCOC(=O)C(CCCC1SCC2C1N(Cc1ccccc1)C(=O)N2Cc1ccccc1)C(=O)OCC. The number of carbonyl (C=O) groups is 3. The number of rotatable bonds is 12. The minimum absolute atomic E-state index is 0.0731. The van der Waals surface area contributed by atoms with E-state index in [4.69, 9.17) is 9.47 Å². The van der Waals surface area contributed by atoms with E-state index in [9.17, 15) is 14.4 Å². The van der Waals surface area contributed by atoms with Crippen LogP contribution in [0.15, 0.2) is 60.7 Å². The quantitative estimate of drug-likeness (QED) is 0.224. The van der Waals surface area contributed by atoms with E-state index in [-0.39, 0.29) is 36.6 Å². The molecule has 0 N–H and O–H groups in total. The van der Waals surface area contributed by atoms with Gasteiger partial charge in [0.05, 0.1) is 25.3 Å². The molecule has 198 valence electrons. The molecule has 8 heteroatoms. The summed E-state index contributed by atoms with van der Waals surface area (Å²) >= 11 is 1.89. The molecule has 2 amide bonds. The Balaban J connectivity index is 1.47. The average molecular weight is 525 g/mol. The number of ether oxygens (including phenoxy) is 2. The van der Waals surface area contributed by atoms with Crippen molar-refractivity contribution in [1.82, 2.24) is 9.80 Å². The molecule has 7 nitrogen and oxygen atoms in total. The third-order valence-electron chi connectivity index (χ3n) is 7.02. The second kappa shape index (κ2) is 13.0. The topological polar surface area (TPSA) is 76.2 Å². The van der Waals surface area contributed by atoms with E-state index in [0.717, 1.165) is 23.3 Å². The van der Waals surface area contributed by atoms with Gasteiger partial charge < -0.3 is 19.3 Å². The Morgan fingerprint density at radius 1 is 0.892 bits per heavy atom. The van der Waals surface area contributed by atoms with Crippen LogP contribution in [0.3, 0.4) is 0 Å². The Morgan fingerprint density at radius 2 is 1.43 bits per heavy atom. The molecule has 2 aliphatic rings. The highest BCUT2D eigenvalue weighted by Crippen LogP contribution is 2.43. The van der Waals surface area contributed by atoms with Crippen LogP contribution in [0.2, 0.25) is 0 Å². The van der Waals surface area contributed by atoms with Crippen LogP contribution in [0.5, 0.6) is 0 Å². The number of fused-ring (bicyclic) bond motifs is 1. The molecule has 37 heavy (non-hydrogen) atoms.